The van der Waals surface area contributed by atoms with Crippen molar-refractivity contribution in [2.75, 3.05) is 19.6 Å². The SMILES string of the molecule is CC(C)N1CC[C@@H]2C(=O)NC[C@@]2(O)C1. The smallest absolute Gasteiger partial charge is 0.226 e. The van der Waals surface area contributed by atoms with Crippen molar-refractivity contribution in [3.8, 4) is 0 Å². The molecule has 2 fully saturated rings. The first kappa shape index (κ1) is 9.93. The molecule has 4 nitrogen and oxygen atoms in total. The van der Waals surface area contributed by atoms with Crippen molar-refractivity contribution in [3.05, 3.63) is 0 Å². The zero-order chi connectivity index (χ0) is 10.3. The number of hydrogen-bond acceptors (Lipinski definition) is 3. The van der Waals surface area contributed by atoms with E-state index in [0.29, 0.717) is 19.1 Å². The summed E-state index contributed by atoms with van der Waals surface area (Å²) >= 11 is 0. The molecular weight excluding hydrogens is 180 g/mol. The third-order valence-electron chi connectivity index (χ3n) is 3.45. The van der Waals surface area contributed by atoms with Gasteiger partial charge < -0.3 is 10.4 Å². The van der Waals surface area contributed by atoms with Gasteiger partial charge in [-0.05, 0) is 26.8 Å². The molecule has 2 rings (SSSR count). The molecule has 80 valence electrons. The lowest BCUT2D eigenvalue weighted by atomic mass is 9.83. The monoisotopic (exact) mass is 198 g/mol. The molecule has 0 aromatic heterocycles. The number of rotatable bonds is 1. The lowest BCUT2D eigenvalue weighted by Crippen LogP contribution is -2.55. The number of piperidine rings is 1. The standard InChI is InChI=1S/C10H18N2O2/c1-7(2)12-4-3-8-9(13)11-5-10(8,14)6-12/h7-8,14H,3-6H2,1-2H3,(H,11,13)/t8-,10-/m1/s1. The number of nitrogens with one attached hydrogen (secondary N) is 1. The Morgan fingerprint density at radius 1 is 1.64 bits per heavy atom. The summed E-state index contributed by atoms with van der Waals surface area (Å²) < 4.78 is 0. The van der Waals surface area contributed by atoms with Crippen LogP contribution in [0.5, 0.6) is 0 Å². The predicted molar refractivity (Wildman–Crippen MR) is 52.8 cm³/mol. The van der Waals surface area contributed by atoms with Crippen molar-refractivity contribution in [2.24, 2.45) is 5.92 Å². The Hall–Kier alpha value is -0.610. The van der Waals surface area contributed by atoms with E-state index >= 15 is 0 Å². The van der Waals surface area contributed by atoms with Crippen molar-refractivity contribution in [3.63, 3.8) is 0 Å². The lowest BCUT2D eigenvalue weighted by molar-refractivity contribution is -0.130. The van der Waals surface area contributed by atoms with E-state index in [1.165, 1.54) is 0 Å². The second-order valence-corrected chi connectivity index (χ2v) is 4.73. The fraction of sp³-hybridized carbons (Fsp3) is 0.900. The number of amides is 1. The van der Waals surface area contributed by atoms with E-state index in [-0.39, 0.29) is 11.8 Å². The molecular formula is C10H18N2O2. The number of likely N-dealkylation sites (tertiary alicyclic amines) is 1. The number of β-amino-alcohol motifs (C(OH)–C–C–N with tert-alkyl or cyclic N) is 1. The first-order valence-electron chi connectivity index (χ1n) is 5.27. The summed E-state index contributed by atoms with van der Waals surface area (Å²) in [4.78, 5) is 13.6. The van der Waals surface area contributed by atoms with Gasteiger partial charge in [0.25, 0.3) is 0 Å². The normalized spacial score (nSPS) is 38.6. The number of fused-ring (bicyclic) bond motifs is 1. The van der Waals surface area contributed by atoms with Gasteiger partial charge in [-0.25, -0.2) is 0 Å². The number of aliphatic hydroxyl groups is 1. The highest BCUT2D eigenvalue weighted by molar-refractivity contribution is 5.82. The van der Waals surface area contributed by atoms with E-state index in [9.17, 15) is 9.90 Å². The molecule has 4 heteroatoms. The molecule has 2 aliphatic rings. The quantitative estimate of drug-likeness (QED) is 0.601. The third kappa shape index (κ3) is 1.42. The molecule has 0 aliphatic carbocycles. The van der Waals surface area contributed by atoms with E-state index in [2.05, 4.69) is 24.1 Å². The Morgan fingerprint density at radius 3 is 3.00 bits per heavy atom. The van der Waals surface area contributed by atoms with Gasteiger partial charge in [-0.2, -0.15) is 0 Å². The van der Waals surface area contributed by atoms with E-state index < -0.39 is 5.60 Å². The van der Waals surface area contributed by atoms with Crippen molar-refractivity contribution < 1.29 is 9.90 Å². The average molecular weight is 198 g/mol. The van der Waals surface area contributed by atoms with Crippen LogP contribution in [-0.4, -0.2) is 47.2 Å². The van der Waals surface area contributed by atoms with Crippen LogP contribution < -0.4 is 5.32 Å². The van der Waals surface area contributed by atoms with E-state index in [0.717, 1.165) is 13.0 Å². The van der Waals surface area contributed by atoms with Crippen molar-refractivity contribution in [2.45, 2.75) is 31.9 Å². The Bertz CT molecular complexity index is 255. The van der Waals surface area contributed by atoms with Crippen LogP contribution >= 0.6 is 0 Å². The molecule has 2 heterocycles. The maximum Gasteiger partial charge on any atom is 0.226 e. The van der Waals surface area contributed by atoms with E-state index in [1.54, 1.807) is 0 Å². The molecule has 2 N–H and O–H groups in total. The predicted octanol–water partition coefficient (Wildman–Crippen LogP) is -0.422. The highest BCUT2D eigenvalue weighted by Gasteiger charge is 2.50. The van der Waals surface area contributed by atoms with Gasteiger partial charge >= 0.3 is 0 Å². The fourth-order valence-electron chi connectivity index (χ4n) is 2.46. The lowest BCUT2D eigenvalue weighted by Gasteiger charge is -2.41. The number of nitrogens with zero attached hydrogens (tertiary/aromatic N) is 1. The Labute approximate surface area is 84.3 Å². The highest BCUT2D eigenvalue weighted by Crippen LogP contribution is 2.32. The van der Waals surface area contributed by atoms with Gasteiger partial charge in [0.1, 0.15) is 5.60 Å². The summed E-state index contributed by atoms with van der Waals surface area (Å²) in [6.07, 6.45) is 0.778. The summed E-state index contributed by atoms with van der Waals surface area (Å²) in [5.41, 5.74) is -0.820. The second kappa shape index (κ2) is 3.21. The largest absolute Gasteiger partial charge is 0.386 e. The van der Waals surface area contributed by atoms with Crippen LogP contribution in [0, 0.1) is 5.92 Å². The first-order valence-corrected chi connectivity index (χ1v) is 5.27. The second-order valence-electron chi connectivity index (χ2n) is 4.73. The van der Waals surface area contributed by atoms with Crippen LogP contribution in [-0.2, 0) is 4.79 Å². The minimum atomic E-state index is -0.820. The molecule has 0 saturated carbocycles. The molecule has 1 amide bonds. The van der Waals surface area contributed by atoms with Crippen molar-refractivity contribution in [1.29, 1.82) is 0 Å². The summed E-state index contributed by atoms with van der Waals surface area (Å²) in [5, 5.41) is 13.0. The van der Waals surface area contributed by atoms with E-state index in [1.807, 2.05) is 0 Å². The number of carbonyl (C=O) groups excluding carboxylic acids is 1. The van der Waals surface area contributed by atoms with Crippen LogP contribution in [0.3, 0.4) is 0 Å². The maximum absolute atomic E-state index is 11.4. The zero-order valence-corrected chi connectivity index (χ0v) is 8.79. The molecule has 2 saturated heterocycles. The van der Waals surface area contributed by atoms with Crippen molar-refractivity contribution in [1.82, 2.24) is 10.2 Å². The minimum absolute atomic E-state index is 0.0240. The molecule has 0 spiro atoms. The molecule has 0 aromatic rings. The van der Waals surface area contributed by atoms with Gasteiger partial charge in [0.2, 0.25) is 5.91 Å². The molecule has 14 heavy (non-hydrogen) atoms. The number of carbonyl (C=O) groups is 1. The van der Waals surface area contributed by atoms with Gasteiger partial charge in [-0.3, -0.25) is 9.69 Å². The average Bonchev–Trinajstić information content (AvgIpc) is 2.42. The van der Waals surface area contributed by atoms with Crippen LogP contribution in [0.2, 0.25) is 0 Å². The van der Waals surface area contributed by atoms with Crippen LogP contribution in [0.4, 0.5) is 0 Å². The Kier molecular flexibility index (Phi) is 2.27. The maximum atomic E-state index is 11.4. The highest BCUT2D eigenvalue weighted by atomic mass is 16.3. The topological polar surface area (TPSA) is 52.6 Å². The number of hydrogen-bond donors (Lipinski definition) is 2. The van der Waals surface area contributed by atoms with Gasteiger partial charge in [0, 0.05) is 19.1 Å². The van der Waals surface area contributed by atoms with Gasteiger partial charge in [-0.1, -0.05) is 0 Å². The van der Waals surface area contributed by atoms with Crippen LogP contribution in [0.1, 0.15) is 20.3 Å². The first-order chi connectivity index (χ1) is 6.53. The summed E-state index contributed by atoms with van der Waals surface area (Å²) in [5.74, 6) is -0.159. The summed E-state index contributed by atoms with van der Waals surface area (Å²) in [6.45, 7) is 6.19. The van der Waals surface area contributed by atoms with Gasteiger partial charge in [-0.15, -0.1) is 0 Å². The van der Waals surface area contributed by atoms with E-state index in [4.69, 9.17) is 0 Å². The van der Waals surface area contributed by atoms with Gasteiger partial charge in [0.05, 0.1) is 5.92 Å². The summed E-state index contributed by atoms with van der Waals surface area (Å²) in [7, 11) is 0. The Morgan fingerprint density at radius 2 is 2.36 bits per heavy atom. The summed E-state index contributed by atoms with van der Waals surface area (Å²) in [6, 6.07) is 0.440. The molecule has 2 aliphatic heterocycles. The zero-order valence-electron chi connectivity index (χ0n) is 8.79. The molecule has 0 unspecified atom stereocenters. The van der Waals surface area contributed by atoms with Crippen LogP contribution in [0.15, 0.2) is 0 Å². The molecule has 0 radical (unpaired) electrons. The third-order valence-corrected chi connectivity index (χ3v) is 3.45. The fourth-order valence-corrected chi connectivity index (χ4v) is 2.46. The van der Waals surface area contributed by atoms with Crippen LogP contribution in [0.25, 0.3) is 0 Å². The molecule has 2 atom stereocenters. The van der Waals surface area contributed by atoms with Crippen molar-refractivity contribution >= 4 is 5.91 Å². The molecule has 0 bridgehead atoms. The van der Waals surface area contributed by atoms with Gasteiger partial charge in [0.15, 0.2) is 0 Å². The molecule has 0 aromatic carbocycles. The minimum Gasteiger partial charge on any atom is -0.386 e. The Balaban J connectivity index is 2.12.